The van der Waals surface area contributed by atoms with Crippen LogP contribution in [0.15, 0.2) is 29.4 Å². The van der Waals surface area contributed by atoms with Crippen molar-refractivity contribution in [2.75, 3.05) is 30.4 Å². The Morgan fingerprint density at radius 3 is 2.38 bits per heavy atom. The summed E-state index contributed by atoms with van der Waals surface area (Å²) in [6, 6.07) is 6.79. The fourth-order valence-electron chi connectivity index (χ4n) is 1.92. The third-order valence-electron chi connectivity index (χ3n) is 3.56. The van der Waals surface area contributed by atoms with E-state index in [-0.39, 0.29) is 12.4 Å². The zero-order chi connectivity index (χ0) is 19.8. The van der Waals surface area contributed by atoms with Gasteiger partial charge in [-0.1, -0.05) is 0 Å². The lowest BCUT2D eigenvalue weighted by molar-refractivity contribution is -0.136. The highest BCUT2D eigenvalue weighted by Gasteiger charge is 2.23. The Balaban J connectivity index is 2.46. The lowest BCUT2D eigenvalue weighted by Crippen LogP contribution is -2.20. The molecule has 26 heavy (non-hydrogen) atoms. The number of rotatable bonds is 11. The quantitative estimate of drug-likeness (QED) is 0.212. The van der Waals surface area contributed by atoms with Crippen LogP contribution in [-0.2, 0) is 19.2 Å². The van der Waals surface area contributed by atoms with E-state index >= 15 is 0 Å². The summed E-state index contributed by atoms with van der Waals surface area (Å²) in [4.78, 5) is 20.0. The van der Waals surface area contributed by atoms with Crippen LogP contribution in [0.3, 0.4) is 0 Å². The normalized spacial score (nSPS) is 14.6. The van der Waals surface area contributed by atoms with Crippen LogP contribution < -0.4 is 10.6 Å². The summed E-state index contributed by atoms with van der Waals surface area (Å²) < 4.78 is 41.0. The zero-order valence-electron chi connectivity index (χ0n) is 14.4. The summed E-state index contributed by atoms with van der Waals surface area (Å²) in [6.07, 6.45) is -1.37. The number of hydrogen-bond donors (Lipinski definition) is 3. The van der Waals surface area contributed by atoms with Crippen LogP contribution in [0, 0.1) is 0 Å². The van der Waals surface area contributed by atoms with Gasteiger partial charge in [0.25, 0.3) is 0 Å². The molecule has 1 aromatic rings. The average Bonchev–Trinajstić information content (AvgIpc) is 2.58. The molecule has 0 saturated heterocycles. The Morgan fingerprint density at radius 2 is 1.85 bits per heavy atom. The van der Waals surface area contributed by atoms with E-state index in [0.29, 0.717) is 11.5 Å². The molecule has 1 aromatic carbocycles. The van der Waals surface area contributed by atoms with Crippen molar-refractivity contribution in [1.82, 2.24) is 0 Å². The van der Waals surface area contributed by atoms with Gasteiger partial charge < -0.3 is 20.6 Å². The maximum Gasteiger partial charge on any atom is 0.303 e. The molecule has 1 unspecified atom stereocenters. The molecule has 0 bridgehead atoms. The molecule has 0 aliphatic carbocycles. The summed E-state index contributed by atoms with van der Waals surface area (Å²) in [5, 5.41) is 12.1. The molecule has 4 N–H and O–H groups in total. The molecule has 9 nitrogen and oxygen atoms in total. The molecule has 0 heterocycles. The first-order chi connectivity index (χ1) is 12.0. The van der Waals surface area contributed by atoms with Crippen LogP contribution in [0.25, 0.3) is 0 Å². The van der Waals surface area contributed by atoms with Gasteiger partial charge in [0.2, 0.25) is 7.37 Å². The second-order valence-electron chi connectivity index (χ2n) is 5.68. The van der Waals surface area contributed by atoms with Crippen LogP contribution in [0.4, 0.5) is 0 Å². The number of ether oxygens (including phenoxy) is 1. The number of nitrogens with zero attached hydrogens (tertiary/aromatic N) is 1. The van der Waals surface area contributed by atoms with Gasteiger partial charge >= 0.3 is 5.97 Å². The minimum atomic E-state index is -3.77. The summed E-state index contributed by atoms with van der Waals surface area (Å²) in [6.45, 7) is 1.65. The van der Waals surface area contributed by atoms with Crippen molar-refractivity contribution in [2.24, 2.45) is 10.9 Å². The van der Waals surface area contributed by atoms with Crippen molar-refractivity contribution in [3.8, 4) is 5.75 Å². The Labute approximate surface area is 152 Å². The van der Waals surface area contributed by atoms with Crippen LogP contribution >= 0.6 is 7.37 Å². The molecule has 146 valence electrons. The first-order valence-electron chi connectivity index (χ1n) is 7.75. The van der Waals surface area contributed by atoms with Crippen molar-refractivity contribution in [3.63, 3.8) is 0 Å². The highest BCUT2D eigenvalue weighted by Crippen LogP contribution is 2.40. The topological polar surface area (TPSA) is 156 Å². The average molecular weight is 406 g/mol. The number of nitrogens with two attached hydrogens (primary N) is 1. The van der Waals surface area contributed by atoms with Crippen LogP contribution in [0.5, 0.6) is 5.75 Å². The molecule has 0 saturated carbocycles. The van der Waals surface area contributed by atoms with E-state index in [1.165, 1.54) is 0 Å². The first-order valence-corrected chi connectivity index (χ1v) is 11.6. The van der Waals surface area contributed by atoms with E-state index in [1.807, 2.05) is 0 Å². The molecule has 0 spiro atoms. The number of sulfone groups is 1. The molecule has 11 heteroatoms. The predicted octanol–water partition coefficient (Wildman–Crippen LogP) is 0.908. The number of aliphatic carboxylic acids is 1. The second-order valence-corrected chi connectivity index (χ2v) is 10.6. The van der Waals surface area contributed by atoms with Crippen LogP contribution in [0.1, 0.15) is 18.9 Å². The largest absolute Gasteiger partial charge is 0.493 e. The zero-order valence-corrected chi connectivity index (χ0v) is 16.1. The molecule has 0 aliphatic heterocycles. The van der Waals surface area contributed by atoms with Gasteiger partial charge in [-0.05, 0) is 36.8 Å². The maximum absolute atomic E-state index is 11.9. The van der Waals surface area contributed by atoms with Gasteiger partial charge in [-0.3, -0.25) is 9.36 Å². The monoisotopic (exact) mass is 406 g/mol. The predicted molar refractivity (Wildman–Crippen MR) is 98.8 cm³/mol. The van der Waals surface area contributed by atoms with E-state index in [9.17, 15) is 22.7 Å². The highest BCUT2D eigenvalue weighted by molar-refractivity contribution is 7.91. The summed E-state index contributed by atoms with van der Waals surface area (Å²) in [5.41, 5.74) is 1.46. The van der Waals surface area contributed by atoms with E-state index < -0.39 is 47.7 Å². The second kappa shape index (κ2) is 9.70. The van der Waals surface area contributed by atoms with Gasteiger partial charge in [-0.15, -0.1) is 0 Å². The summed E-state index contributed by atoms with van der Waals surface area (Å²) in [5.74, 6) is 3.66. The van der Waals surface area contributed by atoms with Crippen molar-refractivity contribution >= 4 is 28.9 Å². The van der Waals surface area contributed by atoms with Crippen LogP contribution in [-0.4, -0.2) is 60.5 Å². The summed E-state index contributed by atoms with van der Waals surface area (Å²) in [7, 11) is -7.36. The van der Waals surface area contributed by atoms with Gasteiger partial charge in [-0.25, -0.2) is 8.42 Å². The minimum absolute atomic E-state index is 0.101. The molecule has 1 atom stereocenters. The standard InChI is InChI=1S/C15H23N2O7PS/c1-12(17-16)13-2-4-14(5-3-13)24-7-10-26(22,23)11-9-25(20,21)8-6-15(18)19/h2-5H,6-11,16H2,1H3,(H,18,19)(H,20,21)/b17-12+. The van der Waals surface area contributed by atoms with E-state index in [1.54, 1.807) is 31.2 Å². The Kier molecular flexibility index (Phi) is 8.26. The van der Waals surface area contributed by atoms with E-state index in [0.717, 1.165) is 5.56 Å². The SMILES string of the molecule is C/C(=N\N)c1ccc(OCCS(=O)(=O)CCP(=O)(O)CCC(=O)O)cc1. The summed E-state index contributed by atoms with van der Waals surface area (Å²) >= 11 is 0. The molecular weight excluding hydrogens is 383 g/mol. The maximum atomic E-state index is 11.9. The molecule has 0 aromatic heterocycles. The Morgan fingerprint density at radius 1 is 1.23 bits per heavy atom. The minimum Gasteiger partial charge on any atom is -0.493 e. The lowest BCUT2D eigenvalue weighted by atomic mass is 10.1. The molecule has 0 amide bonds. The van der Waals surface area contributed by atoms with Gasteiger partial charge in [0, 0.05) is 12.3 Å². The van der Waals surface area contributed by atoms with Crippen molar-refractivity contribution in [1.29, 1.82) is 0 Å². The van der Waals surface area contributed by atoms with E-state index in [4.69, 9.17) is 15.7 Å². The van der Waals surface area contributed by atoms with E-state index in [2.05, 4.69) is 5.10 Å². The number of hydrogen-bond acceptors (Lipinski definition) is 7. The lowest BCUT2D eigenvalue weighted by Gasteiger charge is -2.11. The number of carboxylic acids is 1. The molecular formula is C15H23N2O7PS. The van der Waals surface area contributed by atoms with Gasteiger partial charge in [0.15, 0.2) is 9.84 Å². The molecule has 0 radical (unpaired) electrons. The van der Waals surface area contributed by atoms with Gasteiger partial charge in [0.05, 0.1) is 23.6 Å². The first kappa shape index (κ1) is 22.1. The smallest absolute Gasteiger partial charge is 0.303 e. The number of carbonyl (C=O) groups is 1. The molecule has 1 rings (SSSR count). The number of hydrazone groups is 1. The van der Waals surface area contributed by atoms with Gasteiger partial charge in [0.1, 0.15) is 12.4 Å². The fourth-order valence-corrected chi connectivity index (χ4v) is 5.48. The van der Waals surface area contributed by atoms with Gasteiger partial charge in [-0.2, -0.15) is 5.10 Å². The van der Waals surface area contributed by atoms with Crippen LogP contribution in [0.2, 0.25) is 0 Å². The number of carboxylic acid groups (broad SMARTS) is 1. The van der Waals surface area contributed by atoms with Crippen molar-refractivity contribution in [3.05, 3.63) is 29.8 Å². The van der Waals surface area contributed by atoms with Crippen molar-refractivity contribution < 1.29 is 32.5 Å². The third-order valence-corrected chi connectivity index (χ3v) is 7.32. The highest BCUT2D eigenvalue weighted by atomic mass is 32.2. The molecule has 0 aliphatic rings. The third kappa shape index (κ3) is 8.46. The number of benzene rings is 1. The van der Waals surface area contributed by atoms with Crippen molar-refractivity contribution in [2.45, 2.75) is 13.3 Å². The Bertz CT molecular complexity index is 791. The Hall–Kier alpha value is -1.90. The fraction of sp³-hybridized carbons (Fsp3) is 0.467. The molecule has 0 fully saturated rings.